The molecule has 1 saturated heterocycles. The molecule has 1 amide bonds. The van der Waals surface area contributed by atoms with Crippen molar-refractivity contribution < 1.29 is 19.0 Å². The van der Waals surface area contributed by atoms with Crippen LogP contribution in [-0.2, 0) is 14.3 Å². The number of amides is 1. The summed E-state index contributed by atoms with van der Waals surface area (Å²) >= 11 is 5.98. The second-order valence-electron chi connectivity index (χ2n) is 5.14. The van der Waals surface area contributed by atoms with Crippen molar-refractivity contribution in [3.8, 4) is 5.75 Å². The monoisotopic (exact) mass is 364 g/mol. The minimum absolute atomic E-state index is 0. The maximum absolute atomic E-state index is 12.0. The average Bonchev–Trinajstić information content (AvgIpc) is 3.00. The molecule has 2 unspecified atom stereocenters. The Morgan fingerprint density at radius 1 is 1.57 bits per heavy atom. The number of rotatable bonds is 7. The van der Waals surface area contributed by atoms with Crippen molar-refractivity contribution in [1.82, 2.24) is 0 Å². The highest BCUT2D eigenvalue weighted by Gasteiger charge is 2.19. The lowest BCUT2D eigenvalue weighted by molar-refractivity contribution is -0.118. The van der Waals surface area contributed by atoms with Gasteiger partial charge in [-0.15, -0.1) is 12.4 Å². The SMILES string of the molecule is COCC(N)C(=O)Nc1cc(Cl)ccc1OCC1CCCO1.Cl. The molecule has 0 radical (unpaired) electrons. The Bertz CT molecular complexity index is 510. The summed E-state index contributed by atoms with van der Waals surface area (Å²) < 4.78 is 16.1. The fraction of sp³-hybridized carbons (Fsp3) is 0.533. The zero-order valence-electron chi connectivity index (χ0n) is 12.9. The van der Waals surface area contributed by atoms with Crippen molar-refractivity contribution in [1.29, 1.82) is 0 Å². The van der Waals surface area contributed by atoms with Gasteiger partial charge in [-0.2, -0.15) is 0 Å². The lowest BCUT2D eigenvalue weighted by Crippen LogP contribution is -2.39. The summed E-state index contributed by atoms with van der Waals surface area (Å²) in [7, 11) is 1.49. The van der Waals surface area contributed by atoms with Gasteiger partial charge in [0.15, 0.2) is 0 Å². The maximum Gasteiger partial charge on any atom is 0.243 e. The zero-order valence-corrected chi connectivity index (χ0v) is 14.5. The van der Waals surface area contributed by atoms with Crippen molar-refractivity contribution >= 4 is 35.6 Å². The van der Waals surface area contributed by atoms with Gasteiger partial charge in [-0.3, -0.25) is 4.79 Å². The van der Waals surface area contributed by atoms with E-state index < -0.39 is 6.04 Å². The van der Waals surface area contributed by atoms with E-state index in [0.717, 1.165) is 19.4 Å². The van der Waals surface area contributed by atoms with Crippen molar-refractivity contribution in [2.75, 3.05) is 32.2 Å². The van der Waals surface area contributed by atoms with Gasteiger partial charge >= 0.3 is 0 Å². The van der Waals surface area contributed by atoms with E-state index in [9.17, 15) is 4.79 Å². The Kier molecular flexibility index (Phi) is 8.65. The molecule has 1 aliphatic rings. The summed E-state index contributed by atoms with van der Waals surface area (Å²) in [6, 6.07) is 4.30. The molecular weight excluding hydrogens is 343 g/mol. The van der Waals surface area contributed by atoms with Crippen LogP contribution in [0.2, 0.25) is 5.02 Å². The molecule has 0 saturated carbocycles. The van der Waals surface area contributed by atoms with E-state index in [4.69, 9.17) is 31.5 Å². The normalized spacial score (nSPS) is 18.1. The number of ether oxygens (including phenoxy) is 3. The van der Waals surface area contributed by atoms with E-state index in [1.807, 2.05) is 0 Å². The summed E-state index contributed by atoms with van der Waals surface area (Å²) in [4.78, 5) is 12.0. The second kappa shape index (κ2) is 9.95. The Morgan fingerprint density at radius 3 is 3.00 bits per heavy atom. The molecule has 23 heavy (non-hydrogen) atoms. The summed E-state index contributed by atoms with van der Waals surface area (Å²) in [6.45, 7) is 1.34. The number of carbonyl (C=O) groups excluding carboxylic acids is 1. The van der Waals surface area contributed by atoms with Crippen molar-refractivity contribution in [2.24, 2.45) is 5.73 Å². The van der Waals surface area contributed by atoms with Gasteiger partial charge in [0, 0.05) is 18.7 Å². The van der Waals surface area contributed by atoms with E-state index in [1.165, 1.54) is 7.11 Å². The van der Waals surface area contributed by atoms with Crippen LogP contribution in [0.15, 0.2) is 18.2 Å². The fourth-order valence-corrected chi connectivity index (χ4v) is 2.34. The van der Waals surface area contributed by atoms with Crippen molar-refractivity contribution in [3.63, 3.8) is 0 Å². The number of hydrogen-bond acceptors (Lipinski definition) is 5. The van der Waals surface area contributed by atoms with Gasteiger partial charge in [0.2, 0.25) is 5.91 Å². The third kappa shape index (κ3) is 6.16. The van der Waals surface area contributed by atoms with E-state index in [0.29, 0.717) is 23.1 Å². The van der Waals surface area contributed by atoms with Gasteiger partial charge < -0.3 is 25.3 Å². The number of benzene rings is 1. The van der Waals surface area contributed by atoms with Crippen LogP contribution in [0, 0.1) is 0 Å². The molecule has 1 aromatic carbocycles. The third-order valence-corrected chi connectivity index (χ3v) is 3.57. The predicted molar refractivity (Wildman–Crippen MR) is 91.7 cm³/mol. The fourth-order valence-electron chi connectivity index (χ4n) is 2.16. The predicted octanol–water partition coefficient (Wildman–Crippen LogP) is 2.23. The molecule has 3 N–H and O–H groups in total. The van der Waals surface area contributed by atoms with E-state index in [-0.39, 0.29) is 31.0 Å². The summed E-state index contributed by atoms with van der Waals surface area (Å²) in [6.07, 6.45) is 2.12. The molecule has 0 bridgehead atoms. The Labute approximate surface area is 147 Å². The molecular formula is C15H22Cl2N2O4. The van der Waals surface area contributed by atoms with Gasteiger partial charge in [-0.25, -0.2) is 0 Å². The summed E-state index contributed by atoms with van der Waals surface area (Å²) in [5.74, 6) is 0.184. The molecule has 1 aromatic rings. The number of anilines is 1. The van der Waals surface area contributed by atoms with Gasteiger partial charge in [-0.05, 0) is 31.0 Å². The highest BCUT2D eigenvalue weighted by Crippen LogP contribution is 2.29. The molecule has 1 fully saturated rings. The number of nitrogens with one attached hydrogen (secondary N) is 1. The zero-order chi connectivity index (χ0) is 15.9. The molecule has 1 heterocycles. The van der Waals surface area contributed by atoms with Crippen LogP contribution in [0.3, 0.4) is 0 Å². The van der Waals surface area contributed by atoms with Crippen LogP contribution in [-0.4, -0.2) is 45.0 Å². The number of halogens is 2. The second-order valence-corrected chi connectivity index (χ2v) is 5.57. The van der Waals surface area contributed by atoms with Gasteiger partial charge in [0.25, 0.3) is 0 Å². The Balaban J connectivity index is 0.00000264. The van der Waals surface area contributed by atoms with Crippen LogP contribution in [0.4, 0.5) is 5.69 Å². The smallest absolute Gasteiger partial charge is 0.243 e. The molecule has 6 nitrogen and oxygen atoms in total. The molecule has 8 heteroatoms. The Hall–Kier alpha value is -1.05. The lowest BCUT2D eigenvalue weighted by Gasteiger charge is -2.17. The van der Waals surface area contributed by atoms with Crippen LogP contribution in [0.1, 0.15) is 12.8 Å². The number of methoxy groups -OCH3 is 1. The van der Waals surface area contributed by atoms with E-state index >= 15 is 0 Å². The minimum atomic E-state index is -0.755. The topological polar surface area (TPSA) is 82.8 Å². The van der Waals surface area contributed by atoms with Crippen LogP contribution < -0.4 is 15.8 Å². The summed E-state index contributed by atoms with van der Waals surface area (Å²) in [5.41, 5.74) is 6.19. The Morgan fingerprint density at radius 2 is 2.35 bits per heavy atom. The highest BCUT2D eigenvalue weighted by molar-refractivity contribution is 6.31. The molecule has 1 aliphatic heterocycles. The van der Waals surface area contributed by atoms with Crippen molar-refractivity contribution in [3.05, 3.63) is 23.2 Å². The van der Waals surface area contributed by atoms with Gasteiger partial charge in [-0.1, -0.05) is 11.6 Å². The molecule has 0 aromatic heterocycles. The third-order valence-electron chi connectivity index (χ3n) is 3.33. The van der Waals surface area contributed by atoms with Crippen LogP contribution in [0.5, 0.6) is 5.75 Å². The first-order chi connectivity index (χ1) is 10.6. The molecule has 0 spiro atoms. The maximum atomic E-state index is 12.0. The van der Waals surface area contributed by atoms with Gasteiger partial charge in [0.05, 0.1) is 18.4 Å². The number of carbonyl (C=O) groups is 1. The lowest BCUT2D eigenvalue weighted by atomic mass is 10.2. The summed E-state index contributed by atoms with van der Waals surface area (Å²) in [5, 5.41) is 3.22. The number of nitrogens with two attached hydrogens (primary N) is 1. The highest BCUT2D eigenvalue weighted by atomic mass is 35.5. The first kappa shape index (κ1) is 20.0. The standard InChI is InChI=1S/C15H21ClN2O4.ClH/c1-20-9-12(17)15(19)18-13-7-10(16)4-5-14(13)22-8-11-3-2-6-21-11;/h4-5,7,11-12H,2-3,6,8-9,17H2,1H3,(H,18,19);1H. The number of hydrogen-bond donors (Lipinski definition) is 2. The first-order valence-electron chi connectivity index (χ1n) is 7.19. The molecule has 0 aliphatic carbocycles. The average molecular weight is 365 g/mol. The van der Waals surface area contributed by atoms with Crippen LogP contribution in [0.25, 0.3) is 0 Å². The quantitative estimate of drug-likeness (QED) is 0.774. The van der Waals surface area contributed by atoms with E-state index in [2.05, 4.69) is 5.32 Å². The molecule has 130 valence electrons. The van der Waals surface area contributed by atoms with Gasteiger partial charge in [0.1, 0.15) is 18.4 Å². The van der Waals surface area contributed by atoms with Crippen LogP contribution >= 0.6 is 24.0 Å². The molecule has 2 atom stereocenters. The first-order valence-corrected chi connectivity index (χ1v) is 7.57. The largest absolute Gasteiger partial charge is 0.489 e. The minimum Gasteiger partial charge on any atom is -0.489 e. The van der Waals surface area contributed by atoms with Crippen molar-refractivity contribution in [2.45, 2.75) is 25.0 Å². The molecule has 2 rings (SSSR count). The van der Waals surface area contributed by atoms with E-state index in [1.54, 1.807) is 18.2 Å².